The van der Waals surface area contributed by atoms with Crippen LogP contribution in [0.4, 0.5) is 4.39 Å². The van der Waals surface area contributed by atoms with E-state index >= 15 is 0 Å². The summed E-state index contributed by atoms with van der Waals surface area (Å²) in [6, 6.07) is 7.46. The third-order valence-electron chi connectivity index (χ3n) is 4.65. The van der Waals surface area contributed by atoms with E-state index in [0.29, 0.717) is 29.8 Å². The Hall–Kier alpha value is -3.29. The molecule has 0 unspecified atom stereocenters. The van der Waals surface area contributed by atoms with Gasteiger partial charge in [0.05, 0.1) is 17.9 Å². The number of nitrogens with zero attached hydrogens (tertiary/aromatic N) is 4. The highest BCUT2D eigenvalue weighted by atomic mass is 19.1. The van der Waals surface area contributed by atoms with E-state index in [1.807, 2.05) is 7.05 Å². The molecule has 138 valence electrons. The topological polar surface area (TPSA) is 80.1 Å². The highest BCUT2D eigenvalue weighted by molar-refractivity contribution is 5.97. The molecule has 7 nitrogen and oxygen atoms in total. The van der Waals surface area contributed by atoms with Crippen LogP contribution in [0.1, 0.15) is 22.3 Å². The Morgan fingerprint density at radius 1 is 1.30 bits per heavy atom. The third-order valence-corrected chi connectivity index (χ3v) is 4.65. The van der Waals surface area contributed by atoms with E-state index in [1.165, 1.54) is 18.3 Å². The largest absolute Gasteiger partial charge is 0.347 e. The molecule has 8 heteroatoms. The molecule has 3 heterocycles. The first kappa shape index (κ1) is 17.1. The molecule has 1 fully saturated rings. The molecule has 4 rings (SSSR count). The third kappa shape index (κ3) is 3.51. The van der Waals surface area contributed by atoms with Crippen LogP contribution in [0.2, 0.25) is 0 Å². The quantitative estimate of drug-likeness (QED) is 0.760. The molecule has 0 aliphatic carbocycles. The molecular formula is C19H18FN5O2. The zero-order valence-electron chi connectivity index (χ0n) is 14.7. The lowest BCUT2D eigenvalue weighted by molar-refractivity contribution is -0.128. The summed E-state index contributed by atoms with van der Waals surface area (Å²) in [4.78, 5) is 34.9. The van der Waals surface area contributed by atoms with E-state index in [2.05, 4.69) is 15.3 Å². The minimum absolute atomic E-state index is 0.0390. The van der Waals surface area contributed by atoms with E-state index in [-0.39, 0.29) is 30.1 Å². The van der Waals surface area contributed by atoms with Crippen molar-refractivity contribution in [2.45, 2.75) is 19.0 Å². The first-order chi connectivity index (χ1) is 13.0. The Kier molecular flexibility index (Phi) is 4.31. The van der Waals surface area contributed by atoms with Gasteiger partial charge >= 0.3 is 0 Å². The van der Waals surface area contributed by atoms with Gasteiger partial charge in [-0.15, -0.1) is 0 Å². The van der Waals surface area contributed by atoms with Crippen LogP contribution in [-0.2, 0) is 18.4 Å². The number of carbonyl (C=O) groups is 2. The van der Waals surface area contributed by atoms with Crippen LogP contribution in [0.3, 0.4) is 0 Å². The van der Waals surface area contributed by atoms with Crippen molar-refractivity contribution >= 4 is 23.0 Å². The minimum atomic E-state index is -0.310. The van der Waals surface area contributed by atoms with Crippen molar-refractivity contribution in [3.8, 4) is 0 Å². The van der Waals surface area contributed by atoms with E-state index < -0.39 is 0 Å². The number of fused-ring (bicyclic) bond motifs is 1. The molecule has 1 aliphatic heterocycles. The Labute approximate surface area is 154 Å². The second kappa shape index (κ2) is 6.79. The van der Waals surface area contributed by atoms with E-state index in [1.54, 1.807) is 34.0 Å². The molecule has 0 bridgehead atoms. The van der Waals surface area contributed by atoms with Gasteiger partial charge in [-0.1, -0.05) is 12.1 Å². The number of amides is 2. The standard InChI is InChI=1S/C19H18FN5O2/c1-24-11-22-16-6-13(8-21-18(16)24)19(27)23-15-7-17(26)25(10-15)9-12-2-4-14(20)5-3-12/h2-6,8,11,15H,7,9-10H2,1H3,(H,23,27)/t15-/m1/s1. The molecule has 2 amide bonds. The van der Waals surface area contributed by atoms with Gasteiger partial charge in [0, 0.05) is 32.8 Å². The monoisotopic (exact) mass is 367 g/mol. The number of hydrogen-bond acceptors (Lipinski definition) is 4. The number of likely N-dealkylation sites (tertiary alicyclic amines) is 1. The Balaban J connectivity index is 1.41. The van der Waals surface area contributed by atoms with E-state index in [4.69, 9.17) is 0 Å². The number of nitrogens with one attached hydrogen (secondary N) is 1. The van der Waals surface area contributed by atoms with E-state index in [0.717, 1.165) is 5.56 Å². The predicted octanol–water partition coefficient (Wildman–Crippen LogP) is 1.64. The molecule has 1 N–H and O–H groups in total. The summed E-state index contributed by atoms with van der Waals surface area (Å²) in [5, 5.41) is 2.89. The zero-order chi connectivity index (χ0) is 19.0. The summed E-state index contributed by atoms with van der Waals surface area (Å²) in [7, 11) is 1.84. The van der Waals surface area contributed by atoms with Gasteiger partial charge in [0.15, 0.2) is 5.65 Å². The van der Waals surface area contributed by atoms with Crippen molar-refractivity contribution in [3.63, 3.8) is 0 Å². The van der Waals surface area contributed by atoms with E-state index in [9.17, 15) is 14.0 Å². The van der Waals surface area contributed by atoms with Crippen molar-refractivity contribution in [1.82, 2.24) is 24.8 Å². The number of halogens is 1. The fraction of sp³-hybridized carbons (Fsp3) is 0.263. The van der Waals surface area contributed by atoms with Crippen LogP contribution in [-0.4, -0.2) is 43.8 Å². The summed E-state index contributed by atoms with van der Waals surface area (Å²) < 4.78 is 14.8. The molecule has 1 saturated heterocycles. The number of carbonyl (C=O) groups excluding carboxylic acids is 2. The van der Waals surface area contributed by atoms with Gasteiger partial charge < -0.3 is 14.8 Å². The fourth-order valence-corrected chi connectivity index (χ4v) is 3.24. The van der Waals surface area contributed by atoms with Gasteiger partial charge in [-0.2, -0.15) is 0 Å². The molecule has 27 heavy (non-hydrogen) atoms. The molecule has 2 aromatic heterocycles. The highest BCUT2D eigenvalue weighted by Gasteiger charge is 2.30. The van der Waals surface area contributed by atoms with Crippen LogP contribution in [0.25, 0.3) is 11.2 Å². The summed E-state index contributed by atoms with van der Waals surface area (Å²) in [5.41, 5.74) is 2.60. The van der Waals surface area contributed by atoms with Crippen LogP contribution >= 0.6 is 0 Å². The van der Waals surface area contributed by atoms with Gasteiger partial charge in [0.1, 0.15) is 11.3 Å². The summed E-state index contributed by atoms with van der Waals surface area (Å²) in [6.07, 6.45) is 3.39. The number of aromatic nitrogens is 3. The SMILES string of the molecule is Cn1cnc2cc(C(=O)N[C@@H]3CC(=O)N(Cc4ccc(F)cc4)C3)cnc21. The van der Waals surface area contributed by atoms with Crippen LogP contribution < -0.4 is 5.32 Å². The number of imidazole rings is 1. The first-order valence-corrected chi connectivity index (χ1v) is 8.60. The molecule has 1 aromatic carbocycles. The summed E-state index contributed by atoms with van der Waals surface area (Å²) in [5.74, 6) is -0.630. The summed E-state index contributed by atoms with van der Waals surface area (Å²) >= 11 is 0. The lowest BCUT2D eigenvalue weighted by Gasteiger charge is -2.17. The average Bonchev–Trinajstić information content (AvgIpc) is 3.19. The minimum Gasteiger partial charge on any atom is -0.347 e. The van der Waals surface area contributed by atoms with Crippen LogP contribution in [0.5, 0.6) is 0 Å². The lowest BCUT2D eigenvalue weighted by Crippen LogP contribution is -2.37. The van der Waals surface area contributed by atoms with Crippen molar-refractivity contribution in [1.29, 1.82) is 0 Å². The Morgan fingerprint density at radius 2 is 2.07 bits per heavy atom. The number of hydrogen-bond donors (Lipinski definition) is 1. The number of pyridine rings is 1. The van der Waals surface area contributed by atoms with Gasteiger partial charge in [-0.25, -0.2) is 14.4 Å². The van der Waals surface area contributed by atoms with Gasteiger partial charge in [-0.05, 0) is 23.8 Å². The zero-order valence-corrected chi connectivity index (χ0v) is 14.7. The smallest absolute Gasteiger partial charge is 0.253 e. The predicted molar refractivity (Wildman–Crippen MR) is 96.2 cm³/mol. The van der Waals surface area contributed by atoms with Crippen LogP contribution in [0, 0.1) is 5.82 Å². The average molecular weight is 367 g/mol. The molecule has 0 spiro atoms. The molecule has 1 atom stereocenters. The van der Waals surface area contributed by atoms with Crippen molar-refractivity contribution < 1.29 is 14.0 Å². The lowest BCUT2D eigenvalue weighted by atomic mass is 10.2. The molecular weight excluding hydrogens is 349 g/mol. The fourth-order valence-electron chi connectivity index (χ4n) is 3.24. The normalized spacial score (nSPS) is 16.9. The number of benzene rings is 1. The number of rotatable bonds is 4. The van der Waals surface area contributed by atoms with Gasteiger partial charge in [0.2, 0.25) is 5.91 Å². The Bertz CT molecular complexity index is 1010. The molecule has 0 radical (unpaired) electrons. The molecule has 3 aromatic rings. The summed E-state index contributed by atoms with van der Waals surface area (Å²) in [6.45, 7) is 0.814. The van der Waals surface area contributed by atoms with Gasteiger partial charge in [0.25, 0.3) is 5.91 Å². The van der Waals surface area contributed by atoms with Crippen LogP contribution in [0.15, 0.2) is 42.9 Å². The maximum Gasteiger partial charge on any atom is 0.253 e. The second-order valence-corrected chi connectivity index (χ2v) is 6.70. The maximum absolute atomic E-state index is 13.0. The Morgan fingerprint density at radius 3 is 2.85 bits per heavy atom. The van der Waals surface area contributed by atoms with Crippen molar-refractivity contribution in [3.05, 3.63) is 59.8 Å². The first-order valence-electron chi connectivity index (χ1n) is 8.60. The molecule has 1 aliphatic rings. The highest BCUT2D eigenvalue weighted by Crippen LogP contribution is 2.17. The second-order valence-electron chi connectivity index (χ2n) is 6.70. The maximum atomic E-state index is 13.0. The number of aryl methyl sites for hydroxylation is 1. The van der Waals surface area contributed by atoms with Crippen molar-refractivity contribution in [2.24, 2.45) is 7.05 Å². The van der Waals surface area contributed by atoms with Crippen molar-refractivity contribution in [2.75, 3.05) is 6.54 Å². The van der Waals surface area contributed by atoms with Gasteiger partial charge in [-0.3, -0.25) is 9.59 Å². The molecule has 0 saturated carbocycles.